The van der Waals surface area contributed by atoms with E-state index in [4.69, 9.17) is 4.74 Å². The first kappa shape index (κ1) is 18.1. The lowest BCUT2D eigenvalue weighted by Gasteiger charge is -2.38. The number of piperazine rings is 1. The Kier molecular flexibility index (Phi) is 6.19. The van der Waals surface area contributed by atoms with Crippen LogP contribution in [-0.2, 0) is 4.74 Å². The summed E-state index contributed by atoms with van der Waals surface area (Å²) < 4.78 is 19.1. The van der Waals surface area contributed by atoms with Crippen LogP contribution in [0, 0.1) is 5.82 Å². The molecule has 1 saturated heterocycles. The van der Waals surface area contributed by atoms with Gasteiger partial charge in [0.15, 0.2) is 0 Å². The van der Waals surface area contributed by atoms with Gasteiger partial charge in [-0.1, -0.05) is 42.5 Å². The van der Waals surface area contributed by atoms with Gasteiger partial charge in [0.2, 0.25) is 0 Å². The lowest BCUT2D eigenvalue weighted by atomic mass is 10.00. The molecule has 0 spiro atoms. The van der Waals surface area contributed by atoms with Crippen molar-refractivity contribution in [2.45, 2.75) is 13.0 Å². The normalized spacial score (nSPS) is 17.6. The van der Waals surface area contributed by atoms with Gasteiger partial charge in [0, 0.05) is 51.4 Å². The number of nitrogens with zero attached hydrogens (tertiary/aromatic N) is 2. The van der Waals surface area contributed by atoms with Crippen molar-refractivity contribution in [3.63, 3.8) is 0 Å². The van der Waals surface area contributed by atoms with Crippen LogP contribution in [0.1, 0.15) is 18.5 Å². The molecule has 0 bridgehead atoms. The van der Waals surface area contributed by atoms with Crippen molar-refractivity contribution in [1.82, 2.24) is 9.80 Å². The average Bonchev–Trinajstić information content (AvgIpc) is 2.67. The van der Waals surface area contributed by atoms with Gasteiger partial charge in [-0.15, -0.1) is 0 Å². The first-order chi connectivity index (χ1) is 12.2. The summed E-state index contributed by atoms with van der Waals surface area (Å²) in [4.78, 5) is 4.97. The Bertz CT molecular complexity index is 666. The monoisotopic (exact) mass is 342 g/mol. The van der Waals surface area contributed by atoms with E-state index in [0.717, 1.165) is 44.9 Å². The third-order valence-electron chi connectivity index (χ3n) is 5.14. The van der Waals surface area contributed by atoms with Crippen molar-refractivity contribution in [1.29, 1.82) is 0 Å². The molecule has 2 aromatic rings. The maximum atomic E-state index is 13.9. The molecule has 0 aliphatic carbocycles. The molecular formula is C21H27FN2O. The van der Waals surface area contributed by atoms with Gasteiger partial charge >= 0.3 is 0 Å². The molecule has 1 unspecified atom stereocenters. The first-order valence-corrected chi connectivity index (χ1v) is 8.99. The van der Waals surface area contributed by atoms with E-state index in [-0.39, 0.29) is 5.82 Å². The highest BCUT2D eigenvalue weighted by Gasteiger charge is 2.21. The second-order valence-electron chi connectivity index (χ2n) is 6.65. The average molecular weight is 342 g/mol. The number of halogens is 1. The zero-order valence-electron chi connectivity index (χ0n) is 15.1. The zero-order chi connectivity index (χ0) is 17.6. The van der Waals surface area contributed by atoms with Crippen LogP contribution in [0.25, 0.3) is 11.1 Å². The number of benzene rings is 2. The van der Waals surface area contributed by atoms with Gasteiger partial charge in [-0.2, -0.15) is 0 Å². The number of rotatable bonds is 6. The fourth-order valence-corrected chi connectivity index (χ4v) is 3.44. The number of hydrogen-bond acceptors (Lipinski definition) is 3. The Morgan fingerprint density at radius 1 is 1.00 bits per heavy atom. The van der Waals surface area contributed by atoms with Crippen molar-refractivity contribution in [2.75, 3.05) is 46.4 Å². The lowest BCUT2D eigenvalue weighted by molar-refractivity contribution is 0.0786. The van der Waals surface area contributed by atoms with Crippen molar-refractivity contribution >= 4 is 0 Å². The van der Waals surface area contributed by atoms with Crippen molar-refractivity contribution in [3.8, 4) is 11.1 Å². The van der Waals surface area contributed by atoms with Crippen LogP contribution in [-0.4, -0.2) is 56.2 Å². The van der Waals surface area contributed by atoms with Crippen molar-refractivity contribution in [2.24, 2.45) is 0 Å². The predicted octanol–water partition coefficient (Wildman–Crippen LogP) is 3.82. The van der Waals surface area contributed by atoms with E-state index >= 15 is 0 Å². The molecule has 134 valence electrons. The highest BCUT2D eigenvalue weighted by atomic mass is 19.1. The molecule has 1 atom stereocenters. The Labute approximate surface area is 150 Å². The smallest absolute Gasteiger partial charge is 0.131 e. The molecule has 25 heavy (non-hydrogen) atoms. The molecule has 3 nitrogen and oxygen atoms in total. The van der Waals surface area contributed by atoms with E-state index < -0.39 is 0 Å². The molecule has 0 radical (unpaired) electrons. The van der Waals surface area contributed by atoms with Gasteiger partial charge in [-0.05, 0) is 24.1 Å². The standard InChI is InChI=1S/C21H27FN2O/c1-17(24-13-11-23(12-14-24)15-16-25-2)18-7-9-19(10-8-18)20-5-3-4-6-21(20)22/h3-10,17H,11-16H2,1-2H3. The summed E-state index contributed by atoms with van der Waals surface area (Å²) in [5.74, 6) is -0.171. The van der Waals surface area contributed by atoms with E-state index in [1.165, 1.54) is 11.6 Å². The summed E-state index contributed by atoms with van der Waals surface area (Å²) in [5, 5.41) is 0. The molecule has 1 fully saturated rings. The number of hydrogen-bond donors (Lipinski definition) is 0. The van der Waals surface area contributed by atoms with E-state index in [9.17, 15) is 4.39 Å². The Morgan fingerprint density at radius 3 is 2.32 bits per heavy atom. The molecule has 2 aromatic carbocycles. The van der Waals surface area contributed by atoms with Gasteiger partial charge in [0.1, 0.15) is 5.82 Å². The van der Waals surface area contributed by atoms with E-state index in [1.54, 1.807) is 13.2 Å². The quantitative estimate of drug-likeness (QED) is 0.794. The Morgan fingerprint density at radius 2 is 1.68 bits per heavy atom. The Balaban J connectivity index is 1.62. The van der Waals surface area contributed by atoms with Crippen LogP contribution in [0.4, 0.5) is 4.39 Å². The third kappa shape index (κ3) is 4.46. The highest BCUT2D eigenvalue weighted by molar-refractivity contribution is 5.64. The van der Waals surface area contributed by atoms with Crippen LogP contribution in [0.3, 0.4) is 0 Å². The van der Waals surface area contributed by atoms with Gasteiger partial charge in [-0.25, -0.2) is 4.39 Å². The minimum absolute atomic E-state index is 0.171. The van der Waals surface area contributed by atoms with Gasteiger partial charge in [-0.3, -0.25) is 9.80 Å². The SMILES string of the molecule is COCCN1CCN(C(C)c2ccc(-c3ccccc3F)cc2)CC1. The molecule has 3 rings (SSSR count). The van der Waals surface area contributed by atoms with Crippen LogP contribution in [0.5, 0.6) is 0 Å². The fraction of sp³-hybridized carbons (Fsp3) is 0.429. The van der Waals surface area contributed by atoms with Crippen LogP contribution in [0.15, 0.2) is 48.5 Å². The summed E-state index contributed by atoms with van der Waals surface area (Å²) in [6.07, 6.45) is 0. The summed E-state index contributed by atoms with van der Waals surface area (Å²) in [6, 6.07) is 15.6. The third-order valence-corrected chi connectivity index (χ3v) is 5.14. The minimum atomic E-state index is -0.171. The zero-order valence-corrected chi connectivity index (χ0v) is 15.1. The molecule has 1 heterocycles. The van der Waals surface area contributed by atoms with Gasteiger partial charge < -0.3 is 4.74 Å². The molecule has 4 heteroatoms. The highest BCUT2D eigenvalue weighted by Crippen LogP contribution is 2.27. The Hall–Kier alpha value is -1.75. The van der Waals surface area contributed by atoms with Crippen LogP contribution in [0.2, 0.25) is 0 Å². The van der Waals surface area contributed by atoms with E-state index in [2.05, 4.69) is 28.9 Å². The maximum absolute atomic E-state index is 13.9. The summed E-state index contributed by atoms with van der Waals surface area (Å²) >= 11 is 0. The minimum Gasteiger partial charge on any atom is -0.383 e. The molecule has 0 saturated carbocycles. The molecule has 1 aliphatic heterocycles. The second kappa shape index (κ2) is 8.56. The summed E-state index contributed by atoms with van der Waals surface area (Å²) in [6.45, 7) is 8.37. The lowest BCUT2D eigenvalue weighted by Crippen LogP contribution is -2.47. The topological polar surface area (TPSA) is 15.7 Å². The molecule has 0 aromatic heterocycles. The molecular weight excluding hydrogens is 315 g/mol. The molecule has 0 N–H and O–H groups in total. The van der Waals surface area contributed by atoms with Gasteiger partial charge in [0.05, 0.1) is 6.61 Å². The number of methoxy groups -OCH3 is 1. The predicted molar refractivity (Wildman–Crippen MR) is 100 cm³/mol. The van der Waals surface area contributed by atoms with Crippen LogP contribution >= 0.6 is 0 Å². The largest absolute Gasteiger partial charge is 0.383 e. The first-order valence-electron chi connectivity index (χ1n) is 8.99. The molecule has 0 amide bonds. The molecule has 1 aliphatic rings. The number of ether oxygens (including phenoxy) is 1. The van der Waals surface area contributed by atoms with Crippen molar-refractivity contribution < 1.29 is 9.13 Å². The second-order valence-corrected chi connectivity index (χ2v) is 6.65. The fourth-order valence-electron chi connectivity index (χ4n) is 3.44. The summed E-state index contributed by atoms with van der Waals surface area (Å²) in [5.41, 5.74) is 2.87. The maximum Gasteiger partial charge on any atom is 0.131 e. The van der Waals surface area contributed by atoms with Crippen molar-refractivity contribution in [3.05, 3.63) is 59.9 Å². The summed E-state index contributed by atoms with van der Waals surface area (Å²) in [7, 11) is 1.75. The van der Waals surface area contributed by atoms with Gasteiger partial charge in [0.25, 0.3) is 0 Å². The van der Waals surface area contributed by atoms with E-state index in [0.29, 0.717) is 11.6 Å². The van der Waals surface area contributed by atoms with Crippen LogP contribution < -0.4 is 0 Å². The van der Waals surface area contributed by atoms with E-state index in [1.807, 2.05) is 24.3 Å².